The molecule has 1 unspecified atom stereocenters. The second-order valence-corrected chi connectivity index (χ2v) is 5.14. The number of rotatable bonds is 5. The van der Waals surface area contributed by atoms with Crippen LogP contribution in [0.3, 0.4) is 0 Å². The minimum Gasteiger partial charge on any atom is -0.497 e. The Bertz CT molecular complexity index is 545. The van der Waals surface area contributed by atoms with Crippen molar-refractivity contribution >= 4 is 21.6 Å². The molecule has 19 heavy (non-hydrogen) atoms. The Labute approximate surface area is 121 Å². The summed E-state index contributed by atoms with van der Waals surface area (Å²) in [6, 6.07) is 16.1. The Hall–Kier alpha value is -1.52. The second kappa shape index (κ2) is 6.59. The summed E-state index contributed by atoms with van der Waals surface area (Å²) in [5.41, 5.74) is 8.01. The summed E-state index contributed by atoms with van der Waals surface area (Å²) in [4.78, 5) is 0. The van der Waals surface area contributed by atoms with Gasteiger partial charge in [0, 0.05) is 22.8 Å². The lowest BCUT2D eigenvalue weighted by Gasteiger charge is -2.19. The Morgan fingerprint density at radius 2 is 2.00 bits per heavy atom. The number of anilines is 1. The van der Waals surface area contributed by atoms with Crippen molar-refractivity contribution in [3.05, 3.63) is 58.6 Å². The van der Waals surface area contributed by atoms with Gasteiger partial charge in [0.25, 0.3) is 0 Å². The summed E-state index contributed by atoms with van der Waals surface area (Å²) < 4.78 is 6.27. The molecule has 1 atom stereocenters. The summed E-state index contributed by atoms with van der Waals surface area (Å²) in [7, 11) is 1.66. The number of nitrogens with one attached hydrogen (secondary N) is 1. The molecule has 0 radical (unpaired) electrons. The van der Waals surface area contributed by atoms with Gasteiger partial charge in [-0.25, -0.2) is 0 Å². The third-order valence-corrected chi connectivity index (χ3v) is 3.39. The van der Waals surface area contributed by atoms with Crippen LogP contribution in [0.4, 0.5) is 5.69 Å². The van der Waals surface area contributed by atoms with E-state index < -0.39 is 0 Å². The van der Waals surface area contributed by atoms with Gasteiger partial charge >= 0.3 is 0 Å². The summed E-state index contributed by atoms with van der Waals surface area (Å²) >= 11 is 3.48. The van der Waals surface area contributed by atoms with Gasteiger partial charge in [-0.05, 0) is 29.8 Å². The van der Waals surface area contributed by atoms with E-state index in [4.69, 9.17) is 10.5 Å². The first-order valence-electron chi connectivity index (χ1n) is 6.09. The van der Waals surface area contributed by atoms with E-state index in [-0.39, 0.29) is 6.04 Å². The van der Waals surface area contributed by atoms with Gasteiger partial charge in [-0.1, -0.05) is 34.1 Å². The van der Waals surface area contributed by atoms with Crippen LogP contribution in [0.25, 0.3) is 0 Å². The fourth-order valence-corrected chi connectivity index (χ4v) is 2.33. The number of ether oxygens (including phenoxy) is 1. The van der Waals surface area contributed by atoms with Crippen molar-refractivity contribution in [1.82, 2.24) is 0 Å². The molecular formula is C15H17BrN2O. The van der Waals surface area contributed by atoms with Crippen LogP contribution in [-0.4, -0.2) is 13.7 Å². The van der Waals surface area contributed by atoms with Gasteiger partial charge in [-0.3, -0.25) is 0 Å². The van der Waals surface area contributed by atoms with Gasteiger partial charge in [0.15, 0.2) is 0 Å². The van der Waals surface area contributed by atoms with E-state index >= 15 is 0 Å². The lowest BCUT2D eigenvalue weighted by Crippen LogP contribution is -2.20. The van der Waals surface area contributed by atoms with Gasteiger partial charge in [0.1, 0.15) is 5.75 Å². The zero-order valence-corrected chi connectivity index (χ0v) is 12.4. The maximum atomic E-state index is 5.86. The van der Waals surface area contributed by atoms with Crippen LogP contribution < -0.4 is 15.8 Å². The molecule has 0 fully saturated rings. The van der Waals surface area contributed by atoms with E-state index in [0.717, 1.165) is 21.5 Å². The average molecular weight is 321 g/mol. The minimum atomic E-state index is 0.0737. The van der Waals surface area contributed by atoms with E-state index in [0.29, 0.717) is 6.54 Å². The Morgan fingerprint density at radius 3 is 2.68 bits per heavy atom. The molecule has 0 aliphatic carbocycles. The molecule has 0 bridgehead atoms. The Balaban J connectivity index is 2.18. The molecule has 4 heteroatoms. The molecule has 0 saturated heterocycles. The molecule has 100 valence electrons. The number of methoxy groups -OCH3 is 1. The fourth-order valence-electron chi connectivity index (χ4n) is 1.92. The third-order valence-electron chi connectivity index (χ3n) is 2.90. The summed E-state index contributed by atoms with van der Waals surface area (Å²) in [6.07, 6.45) is 0. The quantitative estimate of drug-likeness (QED) is 0.885. The molecule has 0 aliphatic heterocycles. The van der Waals surface area contributed by atoms with Crippen LogP contribution in [0.15, 0.2) is 53.0 Å². The van der Waals surface area contributed by atoms with Gasteiger partial charge in [-0.2, -0.15) is 0 Å². The monoisotopic (exact) mass is 320 g/mol. The van der Waals surface area contributed by atoms with Crippen molar-refractivity contribution in [1.29, 1.82) is 0 Å². The number of benzene rings is 2. The predicted molar refractivity (Wildman–Crippen MR) is 82.6 cm³/mol. The van der Waals surface area contributed by atoms with Crippen molar-refractivity contribution < 1.29 is 4.74 Å². The number of hydrogen-bond donors (Lipinski definition) is 2. The van der Waals surface area contributed by atoms with Crippen LogP contribution in [0, 0.1) is 0 Å². The molecule has 2 aromatic rings. The molecule has 0 amide bonds. The molecule has 0 aromatic heterocycles. The lowest BCUT2D eigenvalue weighted by atomic mass is 10.1. The SMILES string of the molecule is COc1cccc(NC(CN)c2cccc(Br)c2)c1. The molecule has 0 heterocycles. The normalized spacial score (nSPS) is 11.9. The average Bonchev–Trinajstić information content (AvgIpc) is 2.45. The topological polar surface area (TPSA) is 47.3 Å². The largest absolute Gasteiger partial charge is 0.497 e. The second-order valence-electron chi connectivity index (χ2n) is 4.22. The van der Waals surface area contributed by atoms with E-state index in [1.807, 2.05) is 36.4 Å². The highest BCUT2D eigenvalue weighted by atomic mass is 79.9. The standard InChI is InChI=1S/C15H17BrN2O/c1-19-14-7-3-6-13(9-14)18-15(10-17)11-4-2-5-12(16)8-11/h2-9,15,18H,10,17H2,1H3. The van der Waals surface area contributed by atoms with Crippen molar-refractivity contribution in [2.24, 2.45) is 5.73 Å². The first-order valence-corrected chi connectivity index (χ1v) is 6.88. The van der Waals surface area contributed by atoms with Crippen molar-refractivity contribution in [3.63, 3.8) is 0 Å². The Morgan fingerprint density at radius 1 is 1.21 bits per heavy atom. The number of halogens is 1. The molecule has 2 rings (SSSR count). The van der Waals surface area contributed by atoms with Gasteiger partial charge in [-0.15, -0.1) is 0 Å². The van der Waals surface area contributed by atoms with Crippen molar-refractivity contribution in [2.75, 3.05) is 19.0 Å². The predicted octanol–water partition coefficient (Wildman–Crippen LogP) is 3.57. The van der Waals surface area contributed by atoms with E-state index in [2.05, 4.69) is 33.4 Å². The van der Waals surface area contributed by atoms with E-state index in [1.54, 1.807) is 7.11 Å². The molecule has 0 spiro atoms. The summed E-state index contributed by atoms with van der Waals surface area (Å²) in [5.74, 6) is 0.829. The van der Waals surface area contributed by atoms with Crippen LogP contribution in [0.2, 0.25) is 0 Å². The van der Waals surface area contributed by atoms with Crippen LogP contribution in [-0.2, 0) is 0 Å². The molecule has 0 saturated carbocycles. The smallest absolute Gasteiger partial charge is 0.120 e. The fraction of sp³-hybridized carbons (Fsp3) is 0.200. The zero-order valence-electron chi connectivity index (χ0n) is 10.8. The first-order chi connectivity index (χ1) is 9.22. The highest BCUT2D eigenvalue weighted by Gasteiger charge is 2.10. The molecule has 2 aromatic carbocycles. The summed E-state index contributed by atoms with van der Waals surface area (Å²) in [5, 5.41) is 3.42. The third kappa shape index (κ3) is 3.72. The molecular weight excluding hydrogens is 304 g/mol. The summed E-state index contributed by atoms with van der Waals surface area (Å²) in [6.45, 7) is 0.521. The molecule has 3 N–H and O–H groups in total. The number of nitrogens with two attached hydrogens (primary N) is 1. The minimum absolute atomic E-state index is 0.0737. The van der Waals surface area contributed by atoms with E-state index in [1.165, 1.54) is 0 Å². The molecule has 0 aliphatic rings. The van der Waals surface area contributed by atoms with Crippen molar-refractivity contribution in [3.8, 4) is 5.75 Å². The van der Waals surface area contributed by atoms with Crippen LogP contribution in [0.5, 0.6) is 5.75 Å². The maximum absolute atomic E-state index is 5.86. The van der Waals surface area contributed by atoms with E-state index in [9.17, 15) is 0 Å². The van der Waals surface area contributed by atoms with Gasteiger partial charge < -0.3 is 15.8 Å². The number of hydrogen-bond acceptors (Lipinski definition) is 3. The maximum Gasteiger partial charge on any atom is 0.120 e. The van der Waals surface area contributed by atoms with Gasteiger partial charge in [0.05, 0.1) is 13.2 Å². The Kier molecular flexibility index (Phi) is 4.82. The molecule has 3 nitrogen and oxygen atoms in total. The van der Waals surface area contributed by atoms with Crippen molar-refractivity contribution in [2.45, 2.75) is 6.04 Å². The van der Waals surface area contributed by atoms with Crippen LogP contribution in [0.1, 0.15) is 11.6 Å². The van der Waals surface area contributed by atoms with Gasteiger partial charge in [0.2, 0.25) is 0 Å². The highest BCUT2D eigenvalue weighted by molar-refractivity contribution is 9.10. The van der Waals surface area contributed by atoms with Crippen LogP contribution >= 0.6 is 15.9 Å². The first kappa shape index (κ1) is 13.9. The highest BCUT2D eigenvalue weighted by Crippen LogP contribution is 2.24. The zero-order chi connectivity index (χ0) is 13.7. The lowest BCUT2D eigenvalue weighted by molar-refractivity contribution is 0.415.